The third-order valence-corrected chi connectivity index (χ3v) is 11.9. The lowest BCUT2D eigenvalue weighted by Crippen LogP contribution is -2.15. The second-order valence-electron chi connectivity index (χ2n) is 14.9. The summed E-state index contributed by atoms with van der Waals surface area (Å²) in [6.07, 6.45) is 0. The lowest BCUT2D eigenvalue weighted by molar-refractivity contribution is 1.01. The van der Waals surface area contributed by atoms with E-state index in [2.05, 4.69) is 199 Å². The highest BCUT2D eigenvalue weighted by molar-refractivity contribution is 6.19. The molecule has 1 aromatic heterocycles. The van der Waals surface area contributed by atoms with Gasteiger partial charge in [-0.05, 0) is 98.1 Å². The lowest BCUT2D eigenvalue weighted by atomic mass is 9.87. The van der Waals surface area contributed by atoms with Crippen LogP contribution in [0.3, 0.4) is 0 Å². The van der Waals surface area contributed by atoms with Gasteiger partial charge in [-0.25, -0.2) is 9.97 Å². The van der Waals surface area contributed by atoms with Crippen LogP contribution < -0.4 is 4.90 Å². The first-order valence-corrected chi connectivity index (χ1v) is 19.3. The van der Waals surface area contributed by atoms with Crippen molar-refractivity contribution in [3.8, 4) is 44.9 Å². The Morgan fingerprint density at radius 3 is 2.02 bits per heavy atom. The molecule has 0 spiro atoms. The Morgan fingerprint density at radius 1 is 0.429 bits per heavy atom. The van der Waals surface area contributed by atoms with Gasteiger partial charge < -0.3 is 4.90 Å². The minimum Gasteiger partial charge on any atom is -0.309 e. The monoisotopic (exact) mass is 711 g/mol. The van der Waals surface area contributed by atoms with Crippen molar-refractivity contribution in [1.29, 1.82) is 0 Å². The van der Waals surface area contributed by atoms with Crippen molar-refractivity contribution >= 4 is 49.5 Å². The summed E-state index contributed by atoms with van der Waals surface area (Å²) >= 11 is 0. The smallest absolute Gasteiger partial charge is 0.160 e. The van der Waals surface area contributed by atoms with E-state index < -0.39 is 0 Å². The maximum Gasteiger partial charge on any atom is 0.160 e. The van der Waals surface area contributed by atoms with Crippen LogP contribution >= 0.6 is 0 Å². The van der Waals surface area contributed by atoms with E-state index >= 15 is 0 Å². The molecule has 1 aliphatic carbocycles. The third-order valence-electron chi connectivity index (χ3n) is 11.9. The first kappa shape index (κ1) is 31.0. The number of benzene rings is 9. The average molecular weight is 712 g/mol. The maximum atomic E-state index is 5.36. The second-order valence-corrected chi connectivity index (χ2v) is 14.9. The van der Waals surface area contributed by atoms with Crippen molar-refractivity contribution in [1.82, 2.24) is 9.97 Å². The van der Waals surface area contributed by atoms with Gasteiger partial charge >= 0.3 is 0 Å². The van der Waals surface area contributed by atoms with Gasteiger partial charge in [0.15, 0.2) is 5.82 Å². The van der Waals surface area contributed by atoms with E-state index in [1.807, 2.05) is 0 Å². The van der Waals surface area contributed by atoms with Crippen molar-refractivity contribution in [2.75, 3.05) is 4.90 Å². The summed E-state index contributed by atoms with van der Waals surface area (Å²) in [5, 5.41) is 6.06. The van der Waals surface area contributed by atoms with Crippen molar-refractivity contribution in [2.24, 2.45) is 0 Å². The Kier molecular flexibility index (Phi) is 6.69. The van der Waals surface area contributed by atoms with Gasteiger partial charge in [0.2, 0.25) is 0 Å². The highest BCUT2D eigenvalue weighted by Gasteiger charge is 2.31. The van der Waals surface area contributed by atoms with Crippen LogP contribution in [0.5, 0.6) is 0 Å². The molecule has 9 aromatic carbocycles. The number of anilines is 3. The van der Waals surface area contributed by atoms with Crippen LogP contribution in [0.15, 0.2) is 194 Å². The molecule has 12 rings (SSSR count). The molecule has 56 heavy (non-hydrogen) atoms. The number of rotatable bonds is 4. The molecule has 0 saturated heterocycles. The SMILES string of the molecule is c1ccc(C2c3ccccc3-c3ccc(-c4nc(-c5ccc(N6c7ccc8ccccc8c7-c7cccc8cccc6c78)cc5)nc5ccccc45)cc32)cc1. The Balaban J connectivity index is 0.992. The van der Waals surface area contributed by atoms with Crippen molar-refractivity contribution in [2.45, 2.75) is 5.92 Å². The number of aromatic nitrogens is 2. The fourth-order valence-electron chi connectivity index (χ4n) is 9.40. The molecule has 2 heterocycles. The maximum absolute atomic E-state index is 5.36. The molecule has 260 valence electrons. The van der Waals surface area contributed by atoms with Crippen LogP contribution in [-0.2, 0) is 0 Å². The third kappa shape index (κ3) is 4.58. The molecule has 3 nitrogen and oxygen atoms in total. The van der Waals surface area contributed by atoms with Crippen molar-refractivity contribution in [3.05, 3.63) is 211 Å². The molecule has 1 atom stereocenters. The molecule has 10 aromatic rings. The van der Waals surface area contributed by atoms with Gasteiger partial charge in [-0.1, -0.05) is 146 Å². The van der Waals surface area contributed by atoms with Gasteiger partial charge in [0.05, 0.1) is 22.6 Å². The lowest BCUT2D eigenvalue weighted by Gasteiger charge is -2.34. The molecule has 0 amide bonds. The molecule has 0 radical (unpaired) electrons. The van der Waals surface area contributed by atoms with Gasteiger partial charge in [0, 0.05) is 39.1 Å². The number of hydrogen-bond donors (Lipinski definition) is 0. The van der Waals surface area contributed by atoms with Gasteiger partial charge in [-0.2, -0.15) is 0 Å². The van der Waals surface area contributed by atoms with Gasteiger partial charge in [-0.3, -0.25) is 0 Å². The van der Waals surface area contributed by atoms with Crippen LogP contribution in [0.2, 0.25) is 0 Å². The Bertz CT molecular complexity index is 3200. The molecule has 1 unspecified atom stereocenters. The number of para-hydroxylation sites is 1. The van der Waals surface area contributed by atoms with E-state index in [1.165, 1.54) is 71.9 Å². The zero-order valence-corrected chi connectivity index (χ0v) is 30.4. The molecule has 3 heteroatoms. The summed E-state index contributed by atoms with van der Waals surface area (Å²) in [6.45, 7) is 0. The van der Waals surface area contributed by atoms with E-state index in [-0.39, 0.29) is 5.92 Å². The summed E-state index contributed by atoms with van der Waals surface area (Å²) in [5.41, 5.74) is 16.5. The standard InChI is InChI=1S/C53H33N3/c1-2-13-34(14-3-1)49-42-19-7-6-18-40(42)41-30-26-37(32-45(41)49)52-43-20-8-9-22-46(43)54-53(55-52)36-24-28-38(29-25-36)56-47-23-11-16-35-15-10-21-44(50(35)47)51-39-17-5-4-12-33(39)27-31-48(51)56/h1-32,49H. The van der Waals surface area contributed by atoms with Crippen molar-refractivity contribution in [3.63, 3.8) is 0 Å². The molecular formula is C53H33N3. The Morgan fingerprint density at radius 2 is 1.12 bits per heavy atom. The number of hydrogen-bond acceptors (Lipinski definition) is 3. The highest BCUT2D eigenvalue weighted by atomic mass is 15.2. The Hall–Kier alpha value is -7.36. The fraction of sp³-hybridized carbons (Fsp3) is 0.0189. The van der Waals surface area contributed by atoms with Crippen LogP contribution in [-0.4, -0.2) is 9.97 Å². The predicted molar refractivity (Wildman–Crippen MR) is 232 cm³/mol. The highest BCUT2D eigenvalue weighted by Crippen LogP contribution is 2.53. The molecule has 0 fully saturated rings. The fourth-order valence-corrected chi connectivity index (χ4v) is 9.40. The van der Waals surface area contributed by atoms with E-state index in [1.54, 1.807) is 0 Å². The van der Waals surface area contributed by atoms with Crippen LogP contribution in [0.4, 0.5) is 17.1 Å². The summed E-state index contributed by atoms with van der Waals surface area (Å²) in [7, 11) is 0. The van der Waals surface area contributed by atoms with E-state index in [0.717, 1.165) is 33.4 Å². The minimum absolute atomic E-state index is 0.165. The second kappa shape index (κ2) is 12.1. The van der Waals surface area contributed by atoms with Gasteiger partial charge in [-0.15, -0.1) is 0 Å². The number of nitrogens with zero attached hydrogens (tertiary/aromatic N) is 3. The van der Waals surface area contributed by atoms with Gasteiger partial charge in [0.25, 0.3) is 0 Å². The zero-order chi connectivity index (χ0) is 36.7. The summed E-state index contributed by atoms with van der Waals surface area (Å²) in [4.78, 5) is 12.9. The quantitative estimate of drug-likeness (QED) is 0.182. The van der Waals surface area contributed by atoms with Crippen LogP contribution in [0.25, 0.3) is 77.3 Å². The van der Waals surface area contributed by atoms with Crippen LogP contribution in [0.1, 0.15) is 22.6 Å². The normalized spacial score (nSPS) is 13.9. The topological polar surface area (TPSA) is 29.0 Å². The van der Waals surface area contributed by atoms with Crippen LogP contribution in [0, 0.1) is 0 Å². The molecule has 2 aliphatic rings. The Labute approximate surface area is 324 Å². The molecular weight excluding hydrogens is 679 g/mol. The van der Waals surface area contributed by atoms with E-state index in [4.69, 9.17) is 9.97 Å². The predicted octanol–water partition coefficient (Wildman–Crippen LogP) is 13.9. The minimum atomic E-state index is 0.165. The zero-order valence-electron chi connectivity index (χ0n) is 30.4. The van der Waals surface area contributed by atoms with E-state index in [9.17, 15) is 0 Å². The first-order chi connectivity index (χ1) is 27.8. The summed E-state index contributed by atoms with van der Waals surface area (Å²) < 4.78 is 0. The van der Waals surface area contributed by atoms with Crippen molar-refractivity contribution < 1.29 is 0 Å². The molecule has 0 saturated carbocycles. The summed E-state index contributed by atoms with van der Waals surface area (Å²) in [5.74, 6) is 0.879. The van der Waals surface area contributed by atoms with E-state index in [0.29, 0.717) is 5.82 Å². The molecule has 0 bridgehead atoms. The molecule has 0 N–H and O–H groups in total. The number of fused-ring (bicyclic) bond motifs is 8. The molecule has 1 aliphatic heterocycles. The largest absolute Gasteiger partial charge is 0.309 e. The first-order valence-electron chi connectivity index (χ1n) is 19.3. The summed E-state index contributed by atoms with van der Waals surface area (Å²) in [6, 6.07) is 70.3. The average Bonchev–Trinajstić information content (AvgIpc) is 3.60. The van der Waals surface area contributed by atoms with Gasteiger partial charge in [0.1, 0.15) is 0 Å².